The van der Waals surface area contributed by atoms with Gasteiger partial charge in [-0.05, 0) is 18.2 Å². The van der Waals surface area contributed by atoms with Crippen molar-refractivity contribution in [1.82, 2.24) is 0 Å². The Hall–Kier alpha value is -1.92. The summed E-state index contributed by atoms with van der Waals surface area (Å²) in [5, 5.41) is 10.5. The molecular formula is C9H9F3N2O2. The summed E-state index contributed by atoms with van der Waals surface area (Å²) in [6.07, 6.45) is -4.57. The highest BCUT2D eigenvalue weighted by Crippen LogP contribution is 2.35. The lowest BCUT2D eigenvalue weighted by Crippen LogP contribution is -2.16. The van der Waals surface area contributed by atoms with Crippen LogP contribution in [0.15, 0.2) is 18.2 Å². The molecule has 0 saturated carbocycles. The van der Waals surface area contributed by atoms with E-state index in [4.69, 9.17) is 10.8 Å². The van der Waals surface area contributed by atoms with E-state index in [0.29, 0.717) is 0 Å². The van der Waals surface area contributed by atoms with Gasteiger partial charge in [0.05, 0.1) is 5.56 Å². The van der Waals surface area contributed by atoms with Gasteiger partial charge in [0.2, 0.25) is 0 Å². The number of carboxylic acids is 1. The van der Waals surface area contributed by atoms with E-state index < -0.39 is 24.3 Å². The van der Waals surface area contributed by atoms with Crippen LogP contribution >= 0.6 is 0 Å². The fourth-order valence-corrected chi connectivity index (χ4v) is 1.12. The van der Waals surface area contributed by atoms with Gasteiger partial charge in [0.15, 0.2) is 0 Å². The summed E-state index contributed by atoms with van der Waals surface area (Å²) >= 11 is 0. The Morgan fingerprint density at radius 1 is 1.44 bits per heavy atom. The fraction of sp³-hybridized carbons (Fsp3) is 0.222. The third-order valence-electron chi connectivity index (χ3n) is 1.78. The van der Waals surface area contributed by atoms with Crippen LogP contribution in [0.1, 0.15) is 5.56 Å². The van der Waals surface area contributed by atoms with E-state index >= 15 is 0 Å². The third-order valence-corrected chi connectivity index (χ3v) is 1.78. The van der Waals surface area contributed by atoms with E-state index in [0.717, 1.165) is 12.1 Å². The van der Waals surface area contributed by atoms with Crippen molar-refractivity contribution in [3.63, 3.8) is 0 Å². The predicted molar refractivity (Wildman–Crippen MR) is 52.0 cm³/mol. The second-order valence-corrected chi connectivity index (χ2v) is 3.05. The molecule has 0 amide bonds. The smallest absolute Gasteiger partial charge is 0.418 e. The van der Waals surface area contributed by atoms with Gasteiger partial charge in [-0.2, -0.15) is 13.2 Å². The lowest BCUT2D eigenvalue weighted by atomic mass is 10.1. The molecule has 0 saturated heterocycles. The first-order valence-corrected chi connectivity index (χ1v) is 4.23. The van der Waals surface area contributed by atoms with Crippen LogP contribution < -0.4 is 11.1 Å². The number of halogens is 3. The van der Waals surface area contributed by atoms with Crippen molar-refractivity contribution in [3.05, 3.63) is 23.8 Å². The monoisotopic (exact) mass is 234 g/mol. The molecule has 0 aliphatic carbocycles. The summed E-state index contributed by atoms with van der Waals surface area (Å²) in [7, 11) is 0. The summed E-state index contributed by atoms with van der Waals surface area (Å²) in [5.74, 6) is -1.25. The Labute approximate surface area is 88.9 Å². The average molecular weight is 234 g/mol. The van der Waals surface area contributed by atoms with E-state index in [-0.39, 0.29) is 11.4 Å². The van der Waals surface area contributed by atoms with Crippen LogP contribution in [0.2, 0.25) is 0 Å². The lowest BCUT2D eigenvalue weighted by Gasteiger charge is -2.14. The second kappa shape index (κ2) is 4.30. The molecule has 0 radical (unpaired) electrons. The lowest BCUT2D eigenvalue weighted by molar-refractivity contribution is -0.138. The molecule has 1 aromatic carbocycles. The minimum atomic E-state index is -4.57. The first kappa shape index (κ1) is 12.2. The highest BCUT2D eigenvalue weighted by Gasteiger charge is 2.33. The van der Waals surface area contributed by atoms with Crippen molar-refractivity contribution < 1.29 is 23.1 Å². The van der Waals surface area contributed by atoms with E-state index in [9.17, 15) is 18.0 Å². The second-order valence-electron chi connectivity index (χ2n) is 3.05. The molecule has 0 unspecified atom stereocenters. The summed E-state index contributed by atoms with van der Waals surface area (Å²) < 4.78 is 37.5. The van der Waals surface area contributed by atoms with Gasteiger partial charge in [-0.1, -0.05) is 0 Å². The maximum absolute atomic E-state index is 12.5. The average Bonchev–Trinajstić information content (AvgIpc) is 2.14. The number of nitrogens with one attached hydrogen (secondary N) is 1. The normalized spacial score (nSPS) is 11.2. The molecular weight excluding hydrogens is 225 g/mol. The summed E-state index contributed by atoms with van der Waals surface area (Å²) in [5.41, 5.74) is 3.92. The Kier molecular flexibility index (Phi) is 3.26. The highest BCUT2D eigenvalue weighted by atomic mass is 19.4. The number of anilines is 2. The molecule has 0 spiro atoms. The van der Waals surface area contributed by atoms with Crippen LogP contribution in [0.5, 0.6) is 0 Å². The van der Waals surface area contributed by atoms with Crippen molar-refractivity contribution in [2.75, 3.05) is 17.6 Å². The van der Waals surface area contributed by atoms with Crippen molar-refractivity contribution in [2.45, 2.75) is 6.18 Å². The van der Waals surface area contributed by atoms with Gasteiger partial charge in [0.25, 0.3) is 0 Å². The minimum absolute atomic E-state index is 0.0341. The van der Waals surface area contributed by atoms with Gasteiger partial charge in [-0.25, -0.2) is 0 Å². The van der Waals surface area contributed by atoms with Crippen LogP contribution in [-0.2, 0) is 11.0 Å². The standard InChI is InChI=1S/C9H9F3N2O2/c10-9(11,12)6-3-5(13)1-2-7(6)14-4-8(15)16/h1-3,14H,4,13H2,(H,15,16). The van der Waals surface area contributed by atoms with Gasteiger partial charge in [-0.15, -0.1) is 0 Å². The molecule has 0 bridgehead atoms. The van der Waals surface area contributed by atoms with Crippen LogP contribution in [-0.4, -0.2) is 17.6 Å². The quantitative estimate of drug-likeness (QED) is 0.697. The van der Waals surface area contributed by atoms with Gasteiger partial charge in [0, 0.05) is 11.4 Å². The minimum Gasteiger partial charge on any atom is -0.480 e. The molecule has 0 atom stereocenters. The zero-order valence-electron chi connectivity index (χ0n) is 8.01. The Morgan fingerprint density at radius 3 is 2.56 bits per heavy atom. The molecule has 1 rings (SSSR count). The molecule has 7 heteroatoms. The molecule has 88 valence electrons. The van der Waals surface area contributed by atoms with Crippen molar-refractivity contribution in [3.8, 4) is 0 Å². The topological polar surface area (TPSA) is 75.3 Å². The maximum atomic E-state index is 12.5. The zero-order chi connectivity index (χ0) is 12.3. The number of nitrogen functional groups attached to an aromatic ring is 1. The van der Waals surface area contributed by atoms with Crippen LogP contribution in [0.3, 0.4) is 0 Å². The van der Waals surface area contributed by atoms with Crippen molar-refractivity contribution >= 4 is 17.3 Å². The van der Waals surface area contributed by atoms with Crippen LogP contribution in [0.25, 0.3) is 0 Å². The molecule has 0 aliphatic heterocycles. The largest absolute Gasteiger partial charge is 0.480 e. The van der Waals surface area contributed by atoms with E-state index in [2.05, 4.69) is 5.32 Å². The first-order chi connectivity index (χ1) is 7.30. The molecule has 16 heavy (non-hydrogen) atoms. The number of nitrogens with two attached hydrogens (primary N) is 1. The Morgan fingerprint density at radius 2 is 2.06 bits per heavy atom. The highest BCUT2D eigenvalue weighted by molar-refractivity contribution is 5.74. The number of aliphatic carboxylic acids is 1. The number of rotatable bonds is 3. The molecule has 0 fully saturated rings. The van der Waals surface area contributed by atoms with Gasteiger partial charge in [0.1, 0.15) is 6.54 Å². The van der Waals surface area contributed by atoms with Gasteiger partial charge in [-0.3, -0.25) is 4.79 Å². The number of carbonyl (C=O) groups is 1. The van der Waals surface area contributed by atoms with Crippen molar-refractivity contribution in [1.29, 1.82) is 0 Å². The van der Waals surface area contributed by atoms with E-state index in [1.54, 1.807) is 0 Å². The van der Waals surface area contributed by atoms with Crippen LogP contribution in [0.4, 0.5) is 24.5 Å². The molecule has 0 aliphatic rings. The number of alkyl halides is 3. The molecule has 4 N–H and O–H groups in total. The summed E-state index contributed by atoms with van der Waals surface area (Å²) in [4.78, 5) is 10.2. The summed E-state index contributed by atoms with van der Waals surface area (Å²) in [6, 6.07) is 3.12. The Balaban J connectivity index is 3.03. The SMILES string of the molecule is Nc1ccc(NCC(=O)O)c(C(F)(F)F)c1. The molecule has 4 nitrogen and oxygen atoms in total. The summed E-state index contributed by atoms with van der Waals surface area (Å²) in [6.45, 7) is -0.590. The van der Waals surface area contributed by atoms with E-state index in [1.165, 1.54) is 6.07 Å². The zero-order valence-corrected chi connectivity index (χ0v) is 8.01. The fourth-order valence-electron chi connectivity index (χ4n) is 1.12. The predicted octanol–water partition coefficient (Wildman–Crippen LogP) is 1.78. The maximum Gasteiger partial charge on any atom is 0.418 e. The first-order valence-electron chi connectivity index (χ1n) is 4.23. The van der Waals surface area contributed by atoms with Crippen LogP contribution in [0, 0.1) is 0 Å². The number of carboxylic acid groups (broad SMARTS) is 1. The Bertz CT molecular complexity index is 404. The number of hydrogen-bond donors (Lipinski definition) is 3. The number of benzene rings is 1. The van der Waals surface area contributed by atoms with Gasteiger partial charge >= 0.3 is 12.1 Å². The number of hydrogen-bond acceptors (Lipinski definition) is 3. The van der Waals surface area contributed by atoms with Crippen molar-refractivity contribution in [2.24, 2.45) is 0 Å². The molecule has 0 aromatic heterocycles. The van der Waals surface area contributed by atoms with E-state index in [1.807, 2.05) is 0 Å². The molecule has 1 aromatic rings. The molecule has 0 heterocycles. The third kappa shape index (κ3) is 3.04. The van der Waals surface area contributed by atoms with Gasteiger partial charge < -0.3 is 16.2 Å².